The van der Waals surface area contributed by atoms with Gasteiger partial charge in [0.05, 0.1) is 23.3 Å². The average molecular weight is 254 g/mol. The summed E-state index contributed by atoms with van der Waals surface area (Å²) in [6.45, 7) is 0.199. The number of nitrogens with zero attached hydrogens (tertiary/aromatic N) is 1. The molecule has 0 aliphatic carbocycles. The number of rotatable bonds is 3. The highest BCUT2D eigenvalue weighted by Crippen LogP contribution is 2.29. The van der Waals surface area contributed by atoms with Crippen molar-refractivity contribution in [2.45, 2.75) is 0 Å². The lowest BCUT2D eigenvalue weighted by Crippen LogP contribution is -2.04. The first-order valence-electron chi connectivity index (χ1n) is 6.10. The van der Waals surface area contributed by atoms with Crippen molar-refractivity contribution in [2.75, 3.05) is 18.9 Å². The van der Waals surface area contributed by atoms with Gasteiger partial charge in [0.25, 0.3) is 0 Å². The number of hydrogen-bond acceptors (Lipinski definition) is 4. The zero-order chi connectivity index (χ0) is 13.2. The fourth-order valence-electron chi connectivity index (χ4n) is 2.10. The molecule has 0 amide bonds. The van der Waals surface area contributed by atoms with E-state index in [1.165, 1.54) is 0 Å². The molecule has 0 atom stereocenters. The van der Waals surface area contributed by atoms with Gasteiger partial charge in [-0.25, -0.2) is 4.98 Å². The molecular formula is C15H14N2O2. The molecule has 3 aromatic rings. The highest BCUT2D eigenvalue weighted by atomic mass is 16.5. The predicted octanol–water partition coefficient (Wildman–Crippen LogP) is 2.34. The third-order valence-corrected chi connectivity index (χ3v) is 3.00. The number of nitrogen functional groups attached to an aromatic ring is 1. The molecule has 3 N–H and O–H groups in total. The molecule has 0 spiro atoms. The number of para-hydroxylation sites is 1. The number of anilines is 1. The summed E-state index contributed by atoms with van der Waals surface area (Å²) in [6.07, 6.45) is 0. The van der Waals surface area contributed by atoms with Crippen LogP contribution in [0.1, 0.15) is 0 Å². The van der Waals surface area contributed by atoms with E-state index in [1.54, 1.807) is 6.07 Å². The topological polar surface area (TPSA) is 68.4 Å². The van der Waals surface area contributed by atoms with Crippen molar-refractivity contribution in [3.8, 4) is 5.75 Å². The molecule has 3 rings (SSSR count). The van der Waals surface area contributed by atoms with E-state index in [4.69, 9.17) is 15.6 Å². The van der Waals surface area contributed by atoms with Crippen LogP contribution in [0.4, 0.5) is 5.69 Å². The maximum absolute atomic E-state index is 8.79. The van der Waals surface area contributed by atoms with Crippen LogP contribution in [0.2, 0.25) is 0 Å². The fourth-order valence-corrected chi connectivity index (χ4v) is 2.10. The molecule has 4 heteroatoms. The molecule has 0 saturated heterocycles. The van der Waals surface area contributed by atoms with Gasteiger partial charge >= 0.3 is 0 Å². The summed E-state index contributed by atoms with van der Waals surface area (Å²) in [5.41, 5.74) is 8.24. The summed E-state index contributed by atoms with van der Waals surface area (Å²) in [4.78, 5) is 4.57. The van der Waals surface area contributed by atoms with Crippen LogP contribution < -0.4 is 10.5 Å². The second-order valence-electron chi connectivity index (χ2n) is 4.34. The van der Waals surface area contributed by atoms with Crippen molar-refractivity contribution in [3.63, 3.8) is 0 Å². The largest absolute Gasteiger partial charge is 0.489 e. The smallest absolute Gasteiger partial charge is 0.143 e. The van der Waals surface area contributed by atoms with E-state index in [0.717, 1.165) is 21.8 Å². The Labute approximate surface area is 110 Å². The van der Waals surface area contributed by atoms with Crippen LogP contribution in [0, 0.1) is 0 Å². The molecule has 0 radical (unpaired) electrons. The first kappa shape index (κ1) is 11.7. The van der Waals surface area contributed by atoms with E-state index in [2.05, 4.69) is 11.1 Å². The molecular weight excluding hydrogens is 240 g/mol. The lowest BCUT2D eigenvalue weighted by molar-refractivity contribution is 0.202. The van der Waals surface area contributed by atoms with Gasteiger partial charge in [0, 0.05) is 10.8 Å². The van der Waals surface area contributed by atoms with Crippen LogP contribution in [0.15, 0.2) is 42.5 Å². The van der Waals surface area contributed by atoms with Gasteiger partial charge in [-0.2, -0.15) is 0 Å². The molecule has 2 aromatic carbocycles. The van der Waals surface area contributed by atoms with Gasteiger partial charge < -0.3 is 15.6 Å². The van der Waals surface area contributed by atoms with Gasteiger partial charge in [-0.3, -0.25) is 0 Å². The van der Waals surface area contributed by atoms with Crippen molar-refractivity contribution in [1.82, 2.24) is 4.98 Å². The Morgan fingerprint density at radius 3 is 2.74 bits per heavy atom. The number of aromatic nitrogens is 1. The van der Waals surface area contributed by atoms with Crippen LogP contribution >= 0.6 is 0 Å². The number of pyridine rings is 1. The van der Waals surface area contributed by atoms with Crippen LogP contribution in [0.3, 0.4) is 0 Å². The van der Waals surface area contributed by atoms with Gasteiger partial charge in [-0.15, -0.1) is 0 Å². The second-order valence-corrected chi connectivity index (χ2v) is 4.34. The molecule has 0 bridgehead atoms. The van der Waals surface area contributed by atoms with E-state index in [1.807, 2.05) is 30.3 Å². The number of fused-ring (bicyclic) bond motifs is 2. The zero-order valence-electron chi connectivity index (χ0n) is 10.3. The Morgan fingerprint density at radius 2 is 1.89 bits per heavy atom. The van der Waals surface area contributed by atoms with Crippen LogP contribution in [-0.4, -0.2) is 23.3 Å². The Kier molecular flexibility index (Phi) is 2.93. The SMILES string of the molecule is Nc1cc2nc3ccccc3cc2cc1OCCO. The van der Waals surface area contributed by atoms with Crippen molar-refractivity contribution < 1.29 is 9.84 Å². The third kappa shape index (κ3) is 2.18. The number of hydrogen-bond donors (Lipinski definition) is 2. The third-order valence-electron chi connectivity index (χ3n) is 3.00. The highest BCUT2D eigenvalue weighted by molar-refractivity contribution is 5.95. The van der Waals surface area contributed by atoms with E-state index < -0.39 is 0 Å². The molecule has 0 saturated carbocycles. The van der Waals surface area contributed by atoms with Gasteiger partial charge in [-0.05, 0) is 24.3 Å². The van der Waals surface area contributed by atoms with Crippen molar-refractivity contribution in [3.05, 3.63) is 42.5 Å². The molecule has 0 aliphatic rings. The van der Waals surface area contributed by atoms with E-state index in [9.17, 15) is 0 Å². The molecule has 0 fully saturated rings. The Hall–Kier alpha value is -2.33. The Morgan fingerprint density at radius 1 is 1.05 bits per heavy atom. The van der Waals surface area contributed by atoms with E-state index in [-0.39, 0.29) is 13.2 Å². The molecule has 0 aliphatic heterocycles. The lowest BCUT2D eigenvalue weighted by Gasteiger charge is -2.09. The normalized spacial score (nSPS) is 11.0. The molecule has 19 heavy (non-hydrogen) atoms. The summed E-state index contributed by atoms with van der Waals surface area (Å²) >= 11 is 0. The summed E-state index contributed by atoms with van der Waals surface area (Å²) in [5, 5.41) is 10.8. The first-order chi connectivity index (χ1) is 9.28. The van der Waals surface area contributed by atoms with Crippen LogP contribution in [0.25, 0.3) is 21.8 Å². The first-order valence-corrected chi connectivity index (χ1v) is 6.10. The summed E-state index contributed by atoms with van der Waals surface area (Å²) in [7, 11) is 0. The standard InChI is InChI=1S/C15H14N2O2/c16-12-9-14-11(8-15(12)19-6-5-18)7-10-3-1-2-4-13(10)17-14/h1-4,7-9,18H,5-6,16H2. The number of nitrogens with two attached hydrogens (primary N) is 1. The fraction of sp³-hybridized carbons (Fsp3) is 0.133. The minimum atomic E-state index is -0.0343. The summed E-state index contributed by atoms with van der Waals surface area (Å²) in [6, 6.07) is 13.7. The molecule has 1 heterocycles. The van der Waals surface area contributed by atoms with E-state index in [0.29, 0.717) is 11.4 Å². The average Bonchev–Trinajstić information content (AvgIpc) is 2.43. The zero-order valence-corrected chi connectivity index (χ0v) is 10.3. The van der Waals surface area contributed by atoms with E-state index >= 15 is 0 Å². The number of benzene rings is 2. The van der Waals surface area contributed by atoms with Crippen molar-refractivity contribution in [2.24, 2.45) is 0 Å². The number of aliphatic hydroxyl groups is 1. The minimum absolute atomic E-state index is 0.0343. The van der Waals surface area contributed by atoms with Crippen LogP contribution in [0.5, 0.6) is 5.75 Å². The quantitative estimate of drug-likeness (QED) is 0.556. The number of aliphatic hydroxyl groups excluding tert-OH is 1. The van der Waals surface area contributed by atoms with Crippen molar-refractivity contribution in [1.29, 1.82) is 0 Å². The number of ether oxygens (including phenoxy) is 1. The summed E-state index contributed by atoms with van der Waals surface area (Å²) in [5.74, 6) is 0.582. The van der Waals surface area contributed by atoms with Gasteiger partial charge in [-0.1, -0.05) is 18.2 Å². The molecule has 1 aromatic heterocycles. The van der Waals surface area contributed by atoms with Crippen molar-refractivity contribution >= 4 is 27.5 Å². The van der Waals surface area contributed by atoms with Gasteiger partial charge in [0.2, 0.25) is 0 Å². The monoisotopic (exact) mass is 254 g/mol. The highest BCUT2D eigenvalue weighted by Gasteiger charge is 2.06. The van der Waals surface area contributed by atoms with Gasteiger partial charge in [0.15, 0.2) is 0 Å². The predicted molar refractivity (Wildman–Crippen MR) is 76.2 cm³/mol. The minimum Gasteiger partial charge on any atom is -0.489 e. The lowest BCUT2D eigenvalue weighted by atomic mass is 10.1. The van der Waals surface area contributed by atoms with Gasteiger partial charge in [0.1, 0.15) is 12.4 Å². The Bertz CT molecular complexity index is 741. The summed E-state index contributed by atoms with van der Waals surface area (Å²) < 4.78 is 5.40. The second kappa shape index (κ2) is 4.74. The Balaban J connectivity index is 2.18. The molecule has 0 unspecified atom stereocenters. The molecule has 96 valence electrons. The molecule has 4 nitrogen and oxygen atoms in total. The maximum atomic E-state index is 8.79. The maximum Gasteiger partial charge on any atom is 0.143 e. The van der Waals surface area contributed by atoms with Crippen LogP contribution in [-0.2, 0) is 0 Å².